The number of halogens is 1. The van der Waals surface area contributed by atoms with Crippen molar-refractivity contribution < 1.29 is 14.4 Å². The second-order valence-electron chi connectivity index (χ2n) is 9.20. The summed E-state index contributed by atoms with van der Waals surface area (Å²) in [6.45, 7) is 0.434. The number of nitrogens with zero attached hydrogens (tertiary/aromatic N) is 3. The molecule has 41 heavy (non-hydrogen) atoms. The second kappa shape index (κ2) is 11.7. The van der Waals surface area contributed by atoms with Crippen LogP contribution in [0.3, 0.4) is 0 Å². The van der Waals surface area contributed by atoms with Gasteiger partial charge in [0.1, 0.15) is 0 Å². The Labute approximate surface area is 253 Å². The molecule has 1 aliphatic rings. The molecular formula is C31H22IN5O3S. The quantitative estimate of drug-likeness (QED) is 0.151. The normalized spacial score (nSPS) is 12.0. The smallest absolute Gasteiger partial charge is 0.234 e. The Hall–Kier alpha value is -4.29. The second-order valence-corrected chi connectivity index (χ2v) is 11.4. The largest absolute Gasteiger partial charge is 0.378 e. The van der Waals surface area contributed by atoms with Crippen LogP contribution in [0.25, 0.3) is 5.69 Å². The zero-order valence-electron chi connectivity index (χ0n) is 21.5. The van der Waals surface area contributed by atoms with E-state index >= 15 is 0 Å². The number of benzene rings is 4. The van der Waals surface area contributed by atoms with Crippen LogP contribution in [0, 0.1) is 3.57 Å². The third kappa shape index (κ3) is 5.52. The van der Waals surface area contributed by atoms with Crippen LogP contribution in [0.2, 0.25) is 0 Å². The van der Waals surface area contributed by atoms with E-state index in [1.165, 1.54) is 11.8 Å². The molecule has 6 rings (SSSR count). The van der Waals surface area contributed by atoms with Crippen molar-refractivity contribution in [1.82, 2.24) is 14.8 Å². The lowest BCUT2D eigenvalue weighted by atomic mass is 9.83. The number of carbonyl (C=O) groups is 3. The van der Waals surface area contributed by atoms with Gasteiger partial charge in [0, 0.05) is 31.6 Å². The number of hydrogen-bond acceptors (Lipinski definition) is 7. The van der Waals surface area contributed by atoms with E-state index in [4.69, 9.17) is 0 Å². The molecule has 0 atom stereocenters. The first-order valence-corrected chi connectivity index (χ1v) is 14.8. The van der Waals surface area contributed by atoms with Gasteiger partial charge in [-0.05, 0) is 65.1 Å². The molecule has 4 aromatic carbocycles. The number of ketones is 2. The molecule has 8 nitrogen and oxygen atoms in total. The zero-order valence-corrected chi connectivity index (χ0v) is 24.5. The Morgan fingerprint density at radius 3 is 2.22 bits per heavy atom. The van der Waals surface area contributed by atoms with Gasteiger partial charge in [-0.3, -0.25) is 19.0 Å². The van der Waals surface area contributed by atoms with Gasteiger partial charge in [-0.2, -0.15) is 0 Å². The zero-order chi connectivity index (χ0) is 28.3. The number of amides is 1. The van der Waals surface area contributed by atoms with E-state index in [1.54, 1.807) is 42.5 Å². The Morgan fingerprint density at radius 2 is 1.46 bits per heavy atom. The van der Waals surface area contributed by atoms with Crippen LogP contribution in [-0.2, 0) is 11.3 Å². The highest BCUT2D eigenvalue weighted by molar-refractivity contribution is 14.1. The molecular weight excluding hydrogens is 649 g/mol. The van der Waals surface area contributed by atoms with Crippen molar-refractivity contribution in [1.29, 1.82) is 0 Å². The van der Waals surface area contributed by atoms with Crippen LogP contribution in [0.4, 0.5) is 11.4 Å². The molecule has 0 spiro atoms. The molecule has 5 aromatic rings. The van der Waals surface area contributed by atoms with Crippen molar-refractivity contribution in [3.8, 4) is 5.69 Å². The molecule has 10 heteroatoms. The number of rotatable bonds is 8. The summed E-state index contributed by atoms with van der Waals surface area (Å²) in [5.74, 6) is -0.130. The molecule has 0 saturated heterocycles. The van der Waals surface area contributed by atoms with E-state index in [1.807, 2.05) is 59.2 Å². The molecule has 0 aliphatic heterocycles. The Bertz CT molecular complexity index is 1790. The summed E-state index contributed by atoms with van der Waals surface area (Å²) in [6, 6.07) is 29.4. The first kappa shape index (κ1) is 26.9. The van der Waals surface area contributed by atoms with Crippen molar-refractivity contribution in [3.63, 3.8) is 0 Å². The lowest BCUT2D eigenvalue weighted by Crippen LogP contribution is -2.24. The fourth-order valence-electron chi connectivity index (χ4n) is 4.66. The highest BCUT2D eigenvalue weighted by Crippen LogP contribution is 2.32. The van der Waals surface area contributed by atoms with Crippen molar-refractivity contribution in [2.24, 2.45) is 0 Å². The summed E-state index contributed by atoms with van der Waals surface area (Å²) < 4.78 is 3.07. The minimum absolute atomic E-state index is 0.0257. The van der Waals surface area contributed by atoms with Crippen LogP contribution in [0.1, 0.15) is 37.7 Å². The number of anilines is 2. The van der Waals surface area contributed by atoms with Gasteiger partial charge in [0.25, 0.3) is 0 Å². The van der Waals surface area contributed by atoms with Gasteiger partial charge in [-0.25, -0.2) is 0 Å². The lowest BCUT2D eigenvalue weighted by molar-refractivity contribution is -0.113. The molecule has 1 amide bonds. The number of fused-ring (bicyclic) bond motifs is 2. The standard InChI is InChI=1S/C31H22IN5O3S/c32-19-13-15-20(16-14-19)33-17-26-35-36-31(37(26)21-7-2-1-3-8-21)41-18-27(38)34-25-12-6-11-24-28(25)30(40)23-10-5-4-9-22(23)29(24)39/h1-16,33H,17-18H2,(H,34,38). The highest BCUT2D eigenvalue weighted by atomic mass is 127. The number of aromatic nitrogens is 3. The van der Waals surface area contributed by atoms with Gasteiger partial charge in [0.2, 0.25) is 5.91 Å². The summed E-state index contributed by atoms with van der Waals surface area (Å²) >= 11 is 3.50. The fraction of sp³-hybridized carbons (Fsp3) is 0.0645. The average molecular weight is 672 g/mol. The van der Waals surface area contributed by atoms with Crippen molar-refractivity contribution in [3.05, 3.63) is 129 Å². The topological polar surface area (TPSA) is 106 Å². The molecule has 0 radical (unpaired) electrons. The van der Waals surface area contributed by atoms with Gasteiger partial charge >= 0.3 is 0 Å². The van der Waals surface area contributed by atoms with Gasteiger partial charge < -0.3 is 10.6 Å². The Kier molecular flexibility index (Phi) is 7.66. The Morgan fingerprint density at radius 1 is 0.780 bits per heavy atom. The van der Waals surface area contributed by atoms with Crippen LogP contribution >= 0.6 is 34.4 Å². The predicted molar refractivity (Wildman–Crippen MR) is 167 cm³/mol. The van der Waals surface area contributed by atoms with Crippen LogP contribution < -0.4 is 10.6 Å². The van der Waals surface area contributed by atoms with E-state index in [-0.39, 0.29) is 34.4 Å². The number of hydrogen-bond donors (Lipinski definition) is 2. The van der Waals surface area contributed by atoms with Gasteiger partial charge in [-0.1, -0.05) is 66.4 Å². The molecule has 1 aromatic heterocycles. The van der Waals surface area contributed by atoms with E-state index in [2.05, 4.69) is 43.4 Å². The monoisotopic (exact) mass is 671 g/mol. The van der Waals surface area contributed by atoms with Gasteiger partial charge in [0.15, 0.2) is 22.5 Å². The van der Waals surface area contributed by atoms with Crippen molar-refractivity contribution in [2.75, 3.05) is 16.4 Å². The first-order valence-electron chi connectivity index (χ1n) is 12.7. The van der Waals surface area contributed by atoms with Gasteiger partial charge in [0.05, 0.1) is 23.5 Å². The maximum Gasteiger partial charge on any atom is 0.234 e. The van der Waals surface area contributed by atoms with Crippen molar-refractivity contribution >= 4 is 63.2 Å². The molecule has 0 bridgehead atoms. The maximum absolute atomic E-state index is 13.3. The summed E-state index contributed by atoms with van der Waals surface area (Å²) in [7, 11) is 0. The SMILES string of the molecule is O=C(CSc1nnc(CNc2ccc(I)cc2)n1-c1ccccc1)Nc1cccc2c1C(=O)c1ccccc1C2=O. The summed E-state index contributed by atoms with van der Waals surface area (Å²) in [5.41, 5.74) is 3.36. The summed E-state index contributed by atoms with van der Waals surface area (Å²) in [6.07, 6.45) is 0. The number of nitrogens with one attached hydrogen (secondary N) is 2. The van der Waals surface area contributed by atoms with E-state index in [0.29, 0.717) is 34.3 Å². The molecule has 202 valence electrons. The number of thioether (sulfide) groups is 1. The van der Waals surface area contributed by atoms with Crippen LogP contribution in [-0.4, -0.2) is 38.0 Å². The molecule has 2 N–H and O–H groups in total. The van der Waals surface area contributed by atoms with Crippen LogP contribution in [0.15, 0.2) is 102 Å². The summed E-state index contributed by atoms with van der Waals surface area (Å²) in [5, 5.41) is 15.5. The van der Waals surface area contributed by atoms with Gasteiger partial charge in [-0.15, -0.1) is 10.2 Å². The summed E-state index contributed by atoms with van der Waals surface area (Å²) in [4.78, 5) is 39.4. The number of carbonyl (C=O) groups excluding carboxylic acids is 3. The highest BCUT2D eigenvalue weighted by Gasteiger charge is 2.31. The predicted octanol–water partition coefficient (Wildman–Crippen LogP) is 5.99. The first-order chi connectivity index (χ1) is 20.0. The Balaban J connectivity index is 1.20. The maximum atomic E-state index is 13.3. The average Bonchev–Trinajstić information content (AvgIpc) is 3.41. The third-order valence-electron chi connectivity index (χ3n) is 6.57. The third-order valence-corrected chi connectivity index (χ3v) is 8.22. The lowest BCUT2D eigenvalue weighted by Gasteiger charge is -2.20. The molecule has 0 saturated carbocycles. The van der Waals surface area contributed by atoms with Crippen LogP contribution in [0.5, 0.6) is 0 Å². The minimum Gasteiger partial charge on any atom is -0.378 e. The molecule has 1 heterocycles. The van der Waals surface area contributed by atoms with Crippen molar-refractivity contribution in [2.45, 2.75) is 11.7 Å². The molecule has 1 aliphatic carbocycles. The van der Waals surface area contributed by atoms with E-state index in [9.17, 15) is 14.4 Å². The van der Waals surface area contributed by atoms with E-state index < -0.39 is 0 Å². The molecule has 0 fully saturated rings. The van der Waals surface area contributed by atoms with E-state index in [0.717, 1.165) is 14.9 Å². The number of para-hydroxylation sites is 1. The fourth-order valence-corrected chi connectivity index (χ4v) is 5.79. The molecule has 0 unspecified atom stereocenters. The minimum atomic E-state index is -0.330.